The molecular formula is C18H37O5P. The number of carbonyl (C=O) groups excluding carboxylic acids is 1. The molecule has 0 radical (unpaired) electrons. The van der Waals surface area contributed by atoms with Gasteiger partial charge in [-0.1, -0.05) is 78.6 Å². The van der Waals surface area contributed by atoms with Gasteiger partial charge >= 0.3 is 13.6 Å². The first-order valence-corrected chi connectivity index (χ1v) is 11.2. The predicted octanol–water partition coefficient (Wildman–Crippen LogP) is 5.19. The van der Waals surface area contributed by atoms with Crippen molar-refractivity contribution in [3.05, 3.63) is 0 Å². The third-order valence-corrected chi connectivity index (χ3v) is 6.77. The highest BCUT2D eigenvalue weighted by Crippen LogP contribution is 2.55. The molecule has 0 amide bonds. The summed E-state index contributed by atoms with van der Waals surface area (Å²) in [7, 11) is -4.52. The van der Waals surface area contributed by atoms with Crippen molar-refractivity contribution in [3.63, 3.8) is 0 Å². The number of hydrogen-bond donors (Lipinski definition) is 2. The average molecular weight is 364 g/mol. The van der Waals surface area contributed by atoms with Crippen LogP contribution in [0.3, 0.4) is 0 Å². The maximum absolute atomic E-state index is 12.1. The second kappa shape index (κ2) is 12.9. The van der Waals surface area contributed by atoms with Gasteiger partial charge in [-0.2, -0.15) is 0 Å². The molecule has 0 heterocycles. The molecule has 0 aliphatic heterocycles. The summed E-state index contributed by atoms with van der Waals surface area (Å²) >= 11 is 0. The Bertz CT molecular complexity index is 374. The van der Waals surface area contributed by atoms with Crippen molar-refractivity contribution >= 4 is 13.6 Å². The molecule has 2 N–H and O–H groups in total. The molecule has 0 aromatic heterocycles. The molecule has 0 aliphatic carbocycles. The molecule has 0 rings (SSSR count). The van der Waals surface area contributed by atoms with Crippen LogP contribution >= 0.6 is 7.60 Å². The lowest BCUT2D eigenvalue weighted by Crippen LogP contribution is -2.39. The Hall–Kier alpha value is -0.380. The first kappa shape index (κ1) is 23.6. The fourth-order valence-electron chi connectivity index (χ4n) is 2.96. The van der Waals surface area contributed by atoms with Crippen LogP contribution in [0, 0.1) is 0 Å². The molecule has 0 aromatic carbocycles. The molecule has 0 saturated carbocycles. The van der Waals surface area contributed by atoms with Crippen LogP contribution in [0.15, 0.2) is 0 Å². The van der Waals surface area contributed by atoms with Crippen LogP contribution in [-0.2, 0) is 14.1 Å². The Kier molecular flexibility index (Phi) is 12.7. The number of unbranched alkanes of at least 4 members (excludes halogenated alkanes) is 9. The Morgan fingerprint density at radius 2 is 1.25 bits per heavy atom. The molecule has 0 aliphatic rings. The first-order chi connectivity index (χ1) is 11.4. The fraction of sp³-hybridized carbons (Fsp3) is 0.944. The van der Waals surface area contributed by atoms with E-state index in [1.165, 1.54) is 44.9 Å². The summed E-state index contributed by atoms with van der Waals surface area (Å²) in [6, 6.07) is 0. The van der Waals surface area contributed by atoms with E-state index in [1.54, 1.807) is 13.8 Å². The van der Waals surface area contributed by atoms with Crippen LogP contribution in [0.2, 0.25) is 0 Å². The summed E-state index contributed by atoms with van der Waals surface area (Å²) in [6.07, 6.45) is 12.1. The van der Waals surface area contributed by atoms with E-state index in [1.807, 2.05) is 0 Å². The lowest BCUT2D eigenvalue weighted by Gasteiger charge is -2.29. The van der Waals surface area contributed by atoms with Gasteiger partial charge < -0.3 is 14.5 Å². The van der Waals surface area contributed by atoms with E-state index in [9.17, 15) is 19.1 Å². The number of carbonyl (C=O) groups is 1. The van der Waals surface area contributed by atoms with Gasteiger partial charge in [-0.15, -0.1) is 0 Å². The van der Waals surface area contributed by atoms with Gasteiger partial charge in [0.2, 0.25) is 0 Å². The highest BCUT2D eigenvalue weighted by atomic mass is 31.2. The summed E-state index contributed by atoms with van der Waals surface area (Å²) in [4.78, 5) is 31.1. The summed E-state index contributed by atoms with van der Waals surface area (Å²) < 4.78 is 16.8. The monoisotopic (exact) mass is 364 g/mol. The number of ether oxygens (including phenoxy) is 1. The Morgan fingerprint density at radius 1 is 0.833 bits per heavy atom. The molecule has 5 nitrogen and oxygen atoms in total. The summed E-state index contributed by atoms with van der Waals surface area (Å²) in [6.45, 7) is 5.70. The molecule has 24 heavy (non-hydrogen) atoms. The van der Waals surface area contributed by atoms with Gasteiger partial charge in [0.25, 0.3) is 0 Å². The van der Waals surface area contributed by atoms with Gasteiger partial charge in [0.1, 0.15) is 0 Å². The minimum absolute atomic E-state index is 0.0879. The van der Waals surface area contributed by atoms with E-state index in [0.717, 1.165) is 19.3 Å². The van der Waals surface area contributed by atoms with Crippen LogP contribution < -0.4 is 0 Å². The van der Waals surface area contributed by atoms with E-state index in [0.29, 0.717) is 0 Å². The quantitative estimate of drug-likeness (QED) is 0.237. The van der Waals surface area contributed by atoms with Crippen molar-refractivity contribution in [2.24, 2.45) is 0 Å². The van der Waals surface area contributed by atoms with Gasteiger partial charge in [-0.25, -0.2) is 0 Å². The lowest BCUT2D eigenvalue weighted by molar-refractivity contribution is -0.147. The molecule has 0 atom stereocenters. The lowest BCUT2D eigenvalue weighted by atomic mass is 10.0. The molecule has 6 heteroatoms. The first-order valence-electron chi connectivity index (χ1n) is 9.58. The van der Waals surface area contributed by atoms with Crippen molar-refractivity contribution in [1.29, 1.82) is 0 Å². The number of hydrogen-bond acceptors (Lipinski definition) is 3. The SMILES string of the molecule is CCCCCCCCCCCCOC(=O)C(CC)(CC)P(=O)(O)O. The molecule has 0 fully saturated rings. The molecule has 0 saturated heterocycles. The number of esters is 1. The topological polar surface area (TPSA) is 83.8 Å². The van der Waals surface area contributed by atoms with Crippen LogP contribution in [0.25, 0.3) is 0 Å². The van der Waals surface area contributed by atoms with Gasteiger partial charge in [0.15, 0.2) is 5.16 Å². The summed E-state index contributed by atoms with van der Waals surface area (Å²) in [5, 5.41) is -1.68. The predicted molar refractivity (Wildman–Crippen MR) is 98.2 cm³/mol. The van der Waals surface area contributed by atoms with E-state index in [4.69, 9.17) is 4.74 Å². The molecule has 0 bridgehead atoms. The molecule has 0 aromatic rings. The van der Waals surface area contributed by atoms with Crippen molar-refractivity contribution in [3.8, 4) is 0 Å². The van der Waals surface area contributed by atoms with Crippen LogP contribution in [0.5, 0.6) is 0 Å². The molecular weight excluding hydrogens is 327 g/mol. The highest BCUT2D eigenvalue weighted by Gasteiger charge is 2.51. The van der Waals surface area contributed by atoms with Gasteiger partial charge in [0.05, 0.1) is 6.61 Å². The average Bonchev–Trinajstić information content (AvgIpc) is 2.53. The second-order valence-electron chi connectivity index (χ2n) is 6.60. The van der Waals surface area contributed by atoms with Gasteiger partial charge in [-0.05, 0) is 19.3 Å². The molecule has 0 unspecified atom stereocenters. The molecule has 144 valence electrons. The van der Waals surface area contributed by atoms with Crippen molar-refractivity contribution in [2.75, 3.05) is 6.61 Å². The smallest absolute Gasteiger partial charge is 0.342 e. The zero-order chi connectivity index (χ0) is 18.5. The fourth-order valence-corrected chi connectivity index (χ4v) is 4.08. The second-order valence-corrected chi connectivity index (χ2v) is 8.54. The van der Waals surface area contributed by atoms with Crippen LogP contribution in [0.1, 0.15) is 97.8 Å². The Labute approximate surface area is 147 Å². The highest BCUT2D eigenvalue weighted by molar-refractivity contribution is 7.54. The Balaban J connectivity index is 3.84. The minimum Gasteiger partial charge on any atom is -0.465 e. The number of rotatable bonds is 15. The third-order valence-electron chi connectivity index (χ3n) is 4.84. The summed E-state index contributed by atoms with van der Waals surface area (Å²) in [5.41, 5.74) is 0. The van der Waals surface area contributed by atoms with Crippen molar-refractivity contribution < 1.29 is 23.9 Å². The van der Waals surface area contributed by atoms with E-state index in [-0.39, 0.29) is 19.4 Å². The standard InChI is InChI=1S/C18H37O5P/c1-4-7-8-9-10-11-12-13-14-15-16-23-17(19)18(5-2,6-3)24(20,21)22/h4-16H2,1-3H3,(H2,20,21,22). The molecule has 0 spiro atoms. The van der Waals surface area contributed by atoms with E-state index >= 15 is 0 Å². The maximum atomic E-state index is 12.1. The minimum atomic E-state index is -4.52. The maximum Gasteiger partial charge on any atom is 0.342 e. The van der Waals surface area contributed by atoms with Crippen molar-refractivity contribution in [1.82, 2.24) is 0 Å². The van der Waals surface area contributed by atoms with Crippen LogP contribution in [-0.4, -0.2) is 27.5 Å². The van der Waals surface area contributed by atoms with Crippen LogP contribution in [0.4, 0.5) is 0 Å². The largest absolute Gasteiger partial charge is 0.465 e. The Morgan fingerprint density at radius 3 is 1.62 bits per heavy atom. The third kappa shape index (κ3) is 8.13. The van der Waals surface area contributed by atoms with Gasteiger partial charge in [0, 0.05) is 0 Å². The zero-order valence-electron chi connectivity index (χ0n) is 15.8. The van der Waals surface area contributed by atoms with E-state index < -0.39 is 18.7 Å². The normalized spacial score (nSPS) is 12.4. The van der Waals surface area contributed by atoms with Crippen molar-refractivity contribution in [2.45, 2.75) is 103 Å². The summed E-state index contributed by atoms with van der Waals surface area (Å²) in [5.74, 6) is -0.753. The van der Waals surface area contributed by atoms with Gasteiger partial charge in [-0.3, -0.25) is 9.36 Å². The van der Waals surface area contributed by atoms with E-state index in [2.05, 4.69) is 6.92 Å². The zero-order valence-corrected chi connectivity index (χ0v) is 16.7.